The summed E-state index contributed by atoms with van der Waals surface area (Å²) in [5.74, 6) is 0.643. The van der Waals surface area contributed by atoms with E-state index >= 15 is 0 Å². The molecule has 1 N–H and O–H groups in total. The van der Waals surface area contributed by atoms with E-state index in [0.29, 0.717) is 23.7 Å². The fourth-order valence-corrected chi connectivity index (χ4v) is 3.12. The van der Waals surface area contributed by atoms with Gasteiger partial charge in [0, 0.05) is 5.56 Å². The van der Waals surface area contributed by atoms with Gasteiger partial charge in [-0.15, -0.1) is 0 Å². The number of hydrogen-bond donors (Lipinski definition) is 1. The first kappa shape index (κ1) is 19.4. The Kier molecular flexibility index (Phi) is 6.27. The second kappa shape index (κ2) is 9.04. The van der Waals surface area contributed by atoms with E-state index in [-0.39, 0.29) is 18.6 Å². The zero-order valence-corrected chi connectivity index (χ0v) is 16.0. The third kappa shape index (κ3) is 4.49. The maximum absolute atomic E-state index is 12.4. The first-order valence-electron chi connectivity index (χ1n) is 9.24. The van der Waals surface area contributed by atoms with Crippen LogP contribution in [0, 0.1) is 0 Å². The van der Waals surface area contributed by atoms with Crippen LogP contribution in [0.5, 0.6) is 11.5 Å². The normalized spacial score (nSPS) is 11.6. The van der Waals surface area contributed by atoms with E-state index in [9.17, 15) is 9.59 Å². The van der Waals surface area contributed by atoms with Crippen molar-refractivity contribution in [2.75, 3.05) is 13.2 Å². The summed E-state index contributed by atoms with van der Waals surface area (Å²) < 4.78 is 11.1. The SMILES string of the molecule is CCOc1cc(C=O)ccc1OCC(=O)N[C@@H](C)c1cccc2ccccc12. The smallest absolute Gasteiger partial charge is 0.258 e. The van der Waals surface area contributed by atoms with E-state index in [1.807, 2.05) is 44.2 Å². The van der Waals surface area contributed by atoms with Crippen LogP contribution in [0.2, 0.25) is 0 Å². The highest BCUT2D eigenvalue weighted by Crippen LogP contribution is 2.28. The van der Waals surface area contributed by atoms with Crippen LogP contribution >= 0.6 is 0 Å². The summed E-state index contributed by atoms with van der Waals surface area (Å²) in [7, 11) is 0. The van der Waals surface area contributed by atoms with Gasteiger partial charge >= 0.3 is 0 Å². The lowest BCUT2D eigenvalue weighted by Crippen LogP contribution is -2.31. The first-order chi connectivity index (χ1) is 13.6. The van der Waals surface area contributed by atoms with Crippen LogP contribution in [0.3, 0.4) is 0 Å². The Morgan fingerprint density at radius 2 is 1.82 bits per heavy atom. The monoisotopic (exact) mass is 377 g/mol. The Labute approximate surface area is 164 Å². The molecule has 1 atom stereocenters. The summed E-state index contributed by atoms with van der Waals surface area (Å²) in [6.45, 7) is 4.08. The molecule has 5 nitrogen and oxygen atoms in total. The molecule has 144 valence electrons. The number of nitrogens with one attached hydrogen (secondary N) is 1. The summed E-state index contributed by atoms with van der Waals surface area (Å²) >= 11 is 0. The van der Waals surface area contributed by atoms with Gasteiger partial charge in [-0.1, -0.05) is 42.5 Å². The fraction of sp³-hybridized carbons (Fsp3) is 0.217. The minimum absolute atomic E-state index is 0.143. The molecular weight excluding hydrogens is 354 g/mol. The number of carbonyl (C=O) groups excluding carboxylic acids is 2. The molecule has 28 heavy (non-hydrogen) atoms. The maximum Gasteiger partial charge on any atom is 0.258 e. The van der Waals surface area contributed by atoms with Crippen molar-refractivity contribution in [3.8, 4) is 11.5 Å². The molecule has 3 aromatic rings. The van der Waals surface area contributed by atoms with E-state index in [0.717, 1.165) is 22.6 Å². The zero-order chi connectivity index (χ0) is 19.9. The molecule has 0 aliphatic rings. The maximum atomic E-state index is 12.4. The van der Waals surface area contributed by atoms with Crippen molar-refractivity contribution in [1.82, 2.24) is 5.32 Å². The van der Waals surface area contributed by atoms with Gasteiger partial charge in [0.1, 0.15) is 6.29 Å². The first-order valence-corrected chi connectivity index (χ1v) is 9.24. The van der Waals surface area contributed by atoms with Gasteiger partial charge in [-0.05, 0) is 48.4 Å². The Morgan fingerprint density at radius 3 is 2.61 bits per heavy atom. The Bertz CT molecular complexity index is 978. The minimum atomic E-state index is -0.234. The number of aldehydes is 1. The van der Waals surface area contributed by atoms with Gasteiger partial charge in [-0.25, -0.2) is 0 Å². The average molecular weight is 377 g/mol. The van der Waals surface area contributed by atoms with Crippen molar-refractivity contribution < 1.29 is 19.1 Å². The molecule has 0 radical (unpaired) electrons. The Balaban J connectivity index is 1.66. The second-order valence-electron chi connectivity index (χ2n) is 6.40. The average Bonchev–Trinajstić information content (AvgIpc) is 2.72. The van der Waals surface area contributed by atoms with Gasteiger partial charge < -0.3 is 14.8 Å². The molecule has 0 saturated heterocycles. The van der Waals surface area contributed by atoms with Crippen molar-refractivity contribution in [2.45, 2.75) is 19.9 Å². The van der Waals surface area contributed by atoms with Crippen LogP contribution in [-0.4, -0.2) is 25.4 Å². The molecule has 0 spiro atoms. The van der Waals surface area contributed by atoms with E-state index in [2.05, 4.69) is 17.4 Å². The molecule has 5 heteroatoms. The molecule has 0 bridgehead atoms. The van der Waals surface area contributed by atoms with Crippen LogP contribution in [0.25, 0.3) is 10.8 Å². The van der Waals surface area contributed by atoms with Crippen LogP contribution < -0.4 is 14.8 Å². The van der Waals surface area contributed by atoms with Gasteiger partial charge in [0.2, 0.25) is 0 Å². The van der Waals surface area contributed by atoms with Gasteiger partial charge in [0.15, 0.2) is 18.1 Å². The largest absolute Gasteiger partial charge is 0.490 e. The van der Waals surface area contributed by atoms with E-state index in [4.69, 9.17) is 9.47 Å². The minimum Gasteiger partial charge on any atom is -0.490 e. The second-order valence-corrected chi connectivity index (χ2v) is 6.40. The zero-order valence-electron chi connectivity index (χ0n) is 16.0. The molecule has 0 aliphatic heterocycles. The van der Waals surface area contributed by atoms with Gasteiger partial charge in [-0.2, -0.15) is 0 Å². The van der Waals surface area contributed by atoms with Crippen molar-refractivity contribution in [3.63, 3.8) is 0 Å². The van der Waals surface area contributed by atoms with Crippen molar-refractivity contribution in [2.24, 2.45) is 0 Å². The highest BCUT2D eigenvalue weighted by Gasteiger charge is 2.14. The Hall–Kier alpha value is -3.34. The summed E-state index contributed by atoms with van der Waals surface area (Å²) in [5.41, 5.74) is 1.54. The highest BCUT2D eigenvalue weighted by atomic mass is 16.5. The van der Waals surface area contributed by atoms with Crippen LogP contribution in [-0.2, 0) is 4.79 Å². The van der Waals surface area contributed by atoms with Gasteiger partial charge in [0.05, 0.1) is 12.6 Å². The standard InChI is InChI=1S/C23H23NO4/c1-3-27-22-13-17(14-25)11-12-21(22)28-15-23(26)24-16(2)19-10-6-8-18-7-4-5-9-20(18)19/h4-14,16H,3,15H2,1-2H3,(H,24,26)/t16-/m0/s1. The van der Waals surface area contributed by atoms with E-state index in [1.54, 1.807) is 18.2 Å². The van der Waals surface area contributed by atoms with Crippen LogP contribution in [0.4, 0.5) is 0 Å². The fourth-order valence-electron chi connectivity index (χ4n) is 3.12. The quantitative estimate of drug-likeness (QED) is 0.594. The third-order valence-corrected chi connectivity index (χ3v) is 4.43. The number of rotatable bonds is 8. The summed E-state index contributed by atoms with van der Waals surface area (Å²) in [6.07, 6.45) is 0.741. The molecule has 3 rings (SSSR count). The van der Waals surface area contributed by atoms with Crippen LogP contribution in [0.1, 0.15) is 35.8 Å². The van der Waals surface area contributed by atoms with Crippen LogP contribution in [0.15, 0.2) is 60.7 Å². The molecule has 0 saturated carbocycles. The van der Waals surface area contributed by atoms with Gasteiger partial charge in [0.25, 0.3) is 5.91 Å². The molecule has 1 amide bonds. The molecular formula is C23H23NO4. The summed E-state index contributed by atoms with van der Waals surface area (Å²) in [6, 6.07) is 18.8. The summed E-state index contributed by atoms with van der Waals surface area (Å²) in [4.78, 5) is 23.3. The van der Waals surface area contributed by atoms with E-state index < -0.39 is 0 Å². The molecule has 0 heterocycles. The predicted octanol–water partition coefficient (Wildman–Crippen LogP) is 4.31. The number of carbonyl (C=O) groups is 2. The topological polar surface area (TPSA) is 64.6 Å². The predicted molar refractivity (Wildman–Crippen MR) is 109 cm³/mol. The number of benzene rings is 3. The van der Waals surface area contributed by atoms with Crippen molar-refractivity contribution in [3.05, 3.63) is 71.8 Å². The lowest BCUT2D eigenvalue weighted by molar-refractivity contribution is -0.123. The molecule has 0 fully saturated rings. The number of ether oxygens (including phenoxy) is 2. The Morgan fingerprint density at radius 1 is 1.04 bits per heavy atom. The highest BCUT2D eigenvalue weighted by molar-refractivity contribution is 5.87. The van der Waals surface area contributed by atoms with E-state index in [1.165, 1.54) is 0 Å². The molecule has 0 unspecified atom stereocenters. The van der Waals surface area contributed by atoms with Crippen molar-refractivity contribution >= 4 is 23.0 Å². The number of amides is 1. The lowest BCUT2D eigenvalue weighted by atomic mass is 10.00. The molecule has 0 aromatic heterocycles. The lowest BCUT2D eigenvalue weighted by Gasteiger charge is -2.17. The van der Waals surface area contributed by atoms with Gasteiger partial charge in [-0.3, -0.25) is 9.59 Å². The third-order valence-electron chi connectivity index (χ3n) is 4.43. The number of hydrogen-bond acceptors (Lipinski definition) is 4. The summed E-state index contributed by atoms with van der Waals surface area (Å²) in [5, 5.41) is 5.22. The number of fused-ring (bicyclic) bond motifs is 1. The van der Waals surface area contributed by atoms with Crippen molar-refractivity contribution in [1.29, 1.82) is 0 Å². The molecule has 3 aromatic carbocycles. The molecule has 0 aliphatic carbocycles.